The van der Waals surface area contributed by atoms with Gasteiger partial charge in [-0.1, -0.05) is 158 Å². The van der Waals surface area contributed by atoms with Crippen molar-refractivity contribution in [2.75, 3.05) is 0 Å². The molecule has 2 aliphatic carbocycles. The number of hydrogen-bond acceptors (Lipinski definition) is 0. The van der Waals surface area contributed by atoms with Crippen molar-refractivity contribution >= 4 is 41.8 Å². The molecular weight excluding hydrogens is 533 g/mol. The van der Waals surface area contributed by atoms with Gasteiger partial charge in [0.1, 0.15) is 8.07 Å². The molecule has 1 heteroatoms. The van der Waals surface area contributed by atoms with Crippen LogP contribution < -0.4 is 0 Å². The van der Waals surface area contributed by atoms with Gasteiger partial charge in [0.15, 0.2) is 0 Å². The summed E-state index contributed by atoms with van der Waals surface area (Å²) < 4.78 is 0. The van der Waals surface area contributed by atoms with E-state index in [1.165, 1.54) is 78.1 Å². The van der Waals surface area contributed by atoms with Crippen LogP contribution in [0.1, 0.15) is 36.1 Å². The van der Waals surface area contributed by atoms with E-state index < -0.39 is 8.07 Å². The molecule has 0 unspecified atom stereocenters. The molecule has 6 aromatic rings. The lowest BCUT2D eigenvalue weighted by atomic mass is 9.95. The van der Waals surface area contributed by atoms with Crippen molar-refractivity contribution in [2.45, 2.75) is 38.8 Å². The molecule has 0 bridgehead atoms. The van der Waals surface area contributed by atoms with Gasteiger partial charge in [-0.2, -0.15) is 0 Å². The molecule has 208 valence electrons. The summed E-state index contributed by atoms with van der Waals surface area (Å²) in [7, 11) is -1.89. The van der Waals surface area contributed by atoms with E-state index in [9.17, 15) is 0 Å². The third-order valence-corrected chi connectivity index (χ3v) is 15.9. The van der Waals surface area contributed by atoms with Crippen molar-refractivity contribution in [1.82, 2.24) is 0 Å². The lowest BCUT2D eigenvalue weighted by molar-refractivity contribution is 1.15. The van der Waals surface area contributed by atoms with Crippen LogP contribution in [0.3, 0.4) is 0 Å². The average Bonchev–Trinajstić information content (AvgIpc) is 3.71. The zero-order chi connectivity index (χ0) is 29.0. The second-order valence-electron chi connectivity index (χ2n) is 12.4. The molecule has 6 aromatic carbocycles. The quantitative estimate of drug-likeness (QED) is 0.175. The Balaban J connectivity index is 1.20. The summed E-state index contributed by atoms with van der Waals surface area (Å²) in [5.41, 5.74) is 11.3. The molecular formula is C42H36Si. The van der Waals surface area contributed by atoms with Gasteiger partial charge in [0, 0.05) is 0 Å². The minimum absolute atomic E-state index is 1.09. The summed E-state index contributed by atoms with van der Waals surface area (Å²) in [5.74, 6) is 0. The van der Waals surface area contributed by atoms with E-state index in [0.29, 0.717) is 0 Å². The van der Waals surface area contributed by atoms with Crippen LogP contribution in [-0.4, -0.2) is 8.07 Å². The summed E-state index contributed by atoms with van der Waals surface area (Å²) in [4.78, 5) is 0. The van der Waals surface area contributed by atoms with Gasteiger partial charge in [-0.05, 0) is 91.0 Å². The van der Waals surface area contributed by atoms with Crippen LogP contribution in [0.25, 0.3) is 56.0 Å². The molecule has 0 aliphatic heterocycles. The highest BCUT2D eigenvalue weighted by molar-refractivity contribution is 6.94. The minimum Gasteiger partial charge on any atom is -0.0709 e. The maximum absolute atomic E-state index is 2.62. The Bertz CT molecular complexity index is 1960. The van der Waals surface area contributed by atoms with Crippen molar-refractivity contribution in [1.29, 1.82) is 0 Å². The number of hydrogen-bond donors (Lipinski definition) is 0. The summed E-state index contributed by atoms with van der Waals surface area (Å²) >= 11 is 0. The Morgan fingerprint density at radius 2 is 0.907 bits per heavy atom. The largest absolute Gasteiger partial charge is 0.109 e. The van der Waals surface area contributed by atoms with Gasteiger partial charge < -0.3 is 0 Å². The maximum atomic E-state index is 2.62. The standard InChI is InChI=1S/C42H36Si/c1-3-43(4-2,37-25-33-15-9-17-39(41(33)27-37)35-21-19-29-11-5-7-13-31(29)23-35)38-26-34-16-10-18-40(42(34)28-38)36-22-20-30-12-6-8-14-32(30)24-36/h5-24,27-28H,3-4,25-26H2,1-2H3. The first-order valence-electron chi connectivity index (χ1n) is 15.8. The van der Waals surface area contributed by atoms with E-state index in [4.69, 9.17) is 0 Å². The predicted molar refractivity (Wildman–Crippen MR) is 189 cm³/mol. The molecule has 0 N–H and O–H groups in total. The molecule has 0 heterocycles. The van der Waals surface area contributed by atoms with Crippen molar-refractivity contribution in [3.63, 3.8) is 0 Å². The van der Waals surface area contributed by atoms with Gasteiger partial charge in [-0.15, -0.1) is 0 Å². The number of rotatable bonds is 6. The van der Waals surface area contributed by atoms with Crippen LogP contribution in [0.15, 0.2) is 132 Å². The third-order valence-electron chi connectivity index (χ3n) is 10.3. The van der Waals surface area contributed by atoms with Gasteiger partial charge >= 0.3 is 0 Å². The smallest absolute Gasteiger partial charge is 0.0709 e. The summed E-state index contributed by atoms with van der Waals surface area (Å²) in [5, 5.41) is 8.64. The number of allylic oxidation sites excluding steroid dienone is 2. The number of fused-ring (bicyclic) bond motifs is 4. The second-order valence-corrected chi connectivity index (χ2v) is 17.2. The summed E-state index contributed by atoms with van der Waals surface area (Å²) in [6.45, 7) is 4.91. The van der Waals surface area contributed by atoms with E-state index in [1.807, 2.05) is 0 Å². The molecule has 0 saturated heterocycles. The van der Waals surface area contributed by atoms with Crippen molar-refractivity contribution < 1.29 is 0 Å². The van der Waals surface area contributed by atoms with E-state index in [2.05, 4.69) is 147 Å². The molecule has 0 nitrogen and oxygen atoms in total. The topological polar surface area (TPSA) is 0 Å². The minimum atomic E-state index is -1.89. The van der Waals surface area contributed by atoms with Crippen molar-refractivity contribution in [3.8, 4) is 22.3 Å². The summed E-state index contributed by atoms with van der Waals surface area (Å²) in [6, 6.07) is 47.7. The van der Waals surface area contributed by atoms with Crippen LogP contribution in [0.4, 0.5) is 0 Å². The SMILES string of the molecule is CC[Si](CC)(C1=Cc2c(cccc2-c2ccc3ccccc3c2)C1)C1=Cc2c(cccc2-c2ccc3ccccc3c2)C1. The molecule has 0 spiro atoms. The highest BCUT2D eigenvalue weighted by Crippen LogP contribution is 2.46. The zero-order valence-electron chi connectivity index (χ0n) is 25.0. The molecule has 0 saturated carbocycles. The van der Waals surface area contributed by atoms with E-state index >= 15 is 0 Å². The zero-order valence-corrected chi connectivity index (χ0v) is 26.0. The highest BCUT2D eigenvalue weighted by atomic mass is 28.3. The third kappa shape index (κ3) is 4.26. The van der Waals surface area contributed by atoms with E-state index in [-0.39, 0.29) is 0 Å². The Hall–Kier alpha value is -4.46. The second kappa shape index (κ2) is 10.4. The van der Waals surface area contributed by atoms with E-state index in [1.54, 1.807) is 10.4 Å². The fourth-order valence-corrected chi connectivity index (χ4v) is 12.6. The first kappa shape index (κ1) is 26.2. The highest BCUT2D eigenvalue weighted by Gasteiger charge is 2.41. The first-order valence-corrected chi connectivity index (χ1v) is 18.2. The molecule has 0 atom stereocenters. The predicted octanol–water partition coefficient (Wildman–Crippen LogP) is 11.5. The van der Waals surface area contributed by atoms with E-state index in [0.717, 1.165) is 12.8 Å². The Morgan fingerprint density at radius 1 is 0.465 bits per heavy atom. The van der Waals surface area contributed by atoms with Crippen molar-refractivity contribution in [2.24, 2.45) is 0 Å². The molecule has 43 heavy (non-hydrogen) atoms. The molecule has 2 aliphatic rings. The van der Waals surface area contributed by atoms with Gasteiger partial charge in [0.2, 0.25) is 0 Å². The fourth-order valence-electron chi connectivity index (χ4n) is 7.93. The van der Waals surface area contributed by atoms with Gasteiger partial charge in [-0.25, -0.2) is 0 Å². The molecule has 8 rings (SSSR count). The van der Waals surface area contributed by atoms with Gasteiger partial charge in [0.05, 0.1) is 0 Å². The Kier molecular flexibility index (Phi) is 6.31. The molecule has 0 amide bonds. The molecule has 0 fully saturated rings. The van der Waals surface area contributed by atoms with Gasteiger partial charge in [0.25, 0.3) is 0 Å². The van der Waals surface area contributed by atoms with Crippen LogP contribution in [0.2, 0.25) is 12.1 Å². The lowest BCUT2D eigenvalue weighted by Gasteiger charge is -2.33. The normalized spacial score (nSPS) is 14.1. The monoisotopic (exact) mass is 568 g/mol. The Morgan fingerprint density at radius 3 is 1.35 bits per heavy atom. The first-order chi connectivity index (χ1) is 21.2. The van der Waals surface area contributed by atoms with Crippen LogP contribution >= 0.6 is 0 Å². The Labute approximate surface area is 256 Å². The lowest BCUT2D eigenvalue weighted by Crippen LogP contribution is -2.39. The number of benzene rings is 6. The molecule has 0 radical (unpaired) electrons. The average molecular weight is 569 g/mol. The summed E-state index contributed by atoms with van der Waals surface area (Å²) in [6.07, 6.45) is 7.42. The van der Waals surface area contributed by atoms with Crippen molar-refractivity contribution in [3.05, 3.63) is 154 Å². The maximum Gasteiger partial charge on any atom is 0.109 e. The van der Waals surface area contributed by atoms with Crippen LogP contribution in [-0.2, 0) is 12.8 Å². The fraction of sp³-hybridized carbons (Fsp3) is 0.143. The molecule has 0 aromatic heterocycles. The van der Waals surface area contributed by atoms with Gasteiger partial charge in [-0.3, -0.25) is 0 Å². The van der Waals surface area contributed by atoms with Crippen LogP contribution in [0, 0.1) is 0 Å². The van der Waals surface area contributed by atoms with Crippen LogP contribution in [0.5, 0.6) is 0 Å².